The molecule has 2 heterocycles. The number of piperazine rings is 1. The quantitative estimate of drug-likeness (QED) is 0.597. The summed E-state index contributed by atoms with van der Waals surface area (Å²) in [5.41, 5.74) is 2.27. The fraction of sp³-hybridized carbons (Fsp3) is 0.269. The van der Waals surface area contributed by atoms with Crippen molar-refractivity contribution in [3.8, 4) is 11.5 Å². The zero-order chi connectivity index (χ0) is 23.5. The third kappa shape index (κ3) is 4.82. The highest BCUT2D eigenvalue weighted by Crippen LogP contribution is 2.35. The first-order valence-corrected chi connectivity index (χ1v) is 11.2. The van der Waals surface area contributed by atoms with Crippen molar-refractivity contribution in [2.45, 2.75) is 6.04 Å². The zero-order valence-electron chi connectivity index (χ0n) is 18.5. The van der Waals surface area contributed by atoms with Gasteiger partial charge in [-0.25, -0.2) is 8.78 Å². The van der Waals surface area contributed by atoms with E-state index in [9.17, 15) is 13.6 Å². The van der Waals surface area contributed by atoms with Crippen LogP contribution in [0.15, 0.2) is 66.7 Å². The van der Waals surface area contributed by atoms with Gasteiger partial charge >= 0.3 is 0 Å². The van der Waals surface area contributed by atoms with Crippen LogP contribution in [0.4, 0.5) is 14.5 Å². The van der Waals surface area contributed by atoms with Crippen LogP contribution in [0, 0.1) is 11.6 Å². The van der Waals surface area contributed by atoms with Gasteiger partial charge in [-0.1, -0.05) is 12.1 Å². The molecule has 0 bridgehead atoms. The molecule has 8 heteroatoms. The maximum absolute atomic E-state index is 13.6. The fourth-order valence-corrected chi connectivity index (χ4v) is 4.44. The van der Waals surface area contributed by atoms with Crippen molar-refractivity contribution in [1.82, 2.24) is 10.2 Å². The molecular weight excluding hydrogens is 440 g/mol. The van der Waals surface area contributed by atoms with Crippen LogP contribution in [0.25, 0.3) is 0 Å². The molecule has 1 N–H and O–H groups in total. The minimum absolute atomic E-state index is 0.109. The molecule has 0 saturated carbocycles. The Kier molecular flexibility index (Phi) is 6.31. The normalized spacial score (nSPS) is 16.4. The Bertz CT molecular complexity index is 1160. The van der Waals surface area contributed by atoms with Crippen molar-refractivity contribution in [3.63, 3.8) is 0 Å². The number of rotatable bonds is 6. The van der Waals surface area contributed by atoms with Crippen LogP contribution in [0.1, 0.15) is 22.0 Å². The predicted molar refractivity (Wildman–Crippen MR) is 124 cm³/mol. The van der Waals surface area contributed by atoms with E-state index in [2.05, 4.69) is 15.1 Å². The van der Waals surface area contributed by atoms with Gasteiger partial charge in [0.2, 0.25) is 6.79 Å². The third-order valence-corrected chi connectivity index (χ3v) is 6.27. The first-order valence-electron chi connectivity index (χ1n) is 11.2. The lowest BCUT2D eigenvalue weighted by atomic mass is 10.0. The van der Waals surface area contributed by atoms with Gasteiger partial charge in [-0.2, -0.15) is 0 Å². The van der Waals surface area contributed by atoms with Crippen LogP contribution in [0.2, 0.25) is 0 Å². The highest BCUT2D eigenvalue weighted by atomic mass is 19.1. The second-order valence-corrected chi connectivity index (χ2v) is 8.35. The van der Waals surface area contributed by atoms with E-state index < -0.39 is 5.82 Å². The van der Waals surface area contributed by atoms with Gasteiger partial charge < -0.3 is 19.7 Å². The Morgan fingerprint density at radius 3 is 2.41 bits per heavy atom. The Hall–Kier alpha value is -3.65. The van der Waals surface area contributed by atoms with Crippen LogP contribution in [0.3, 0.4) is 0 Å². The molecule has 1 amide bonds. The van der Waals surface area contributed by atoms with E-state index in [0.29, 0.717) is 18.0 Å². The zero-order valence-corrected chi connectivity index (χ0v) is 18.5. The molecule has 3 aromatic carbocycles. The molecule has 34 heavy (non-hydrogen) atoms. The molecule has 6 nitrogen and oxygen atoms in total. The number of carbonyl (C=O) groups is 1. The number of amides is 1. The molecule has 0 aromatic heterocycles. The highest BCUT2D eigenvalue weighted by Gasteiger charge is 2.27. The van der Waals surface area contributed by atoms with Crippen molar-refractivity contribution < 1.29 is 23.0 Å². The van der Waals surface area contributed by atoms with E-state index in [1.54, 1.807) is 18.2 Å². The minimum Gasteiger partial charge on any atom is -0.454 e. The predicted octanol–water partition coefficient (Wildman–Crippen LogP) is 3.99. The van der Waals surface area contributed by atoms with Gasteiger partial charge in [0.15, 0.2) is 11.5 Å². The summed E-state index contributed by atoms with van der Waals surface area (Å²) in [6.45, 7) is 3.59. The maximum Gasteiger partial charge on any atom is 0.251 e. The van der Waals surface area contributed by atoms with Gasteiger partial charge in [0.1, 0.15) is 11.6 Å². The maximum atomic E-state index is 13.6. The molecule has 3 aromatic rings. The number of fused-ring (bicyclic) bond motifs is 1. The summed E-state index contributed by atoms with van der Waals surface area (Å²) in [5, 5.41) is 2.96. The van der Waals surface area contributed by atoms with E-state index in [-0.39, 0.29) is 30.1 Å². The molecule has 1 saturated heterocycles. The number of halogens is 2. The fourth-order valence-electron chi connectivity index (χ4n) is 4.44. The number of benzene rings is 3. The Morgan fingerprint density at radius 2 is 1.65 bits per heavy atom. The van der Waals surface area contributed by atoms with Crippen molar-refractivity contribution in [2.24, 2.45) is 0 Å². The number of ether oxygens (including phenoxy) is 2. The summed E-state index contributed by atoms with van der Waals surface area (Å²) >= 11 is 0. The molecule has 0 radical (unpaired) electrons. The summed E-state index contributed by atoms with van der Waals surface area (Å²) in [6, 6.07) is 17.9. The molecule has 0 aliphatic carbocycles. The molecule has 0 unspecified atom stereocenters. The number of nitrogens with one attached hydrogen (secondary N) is 1. The van der Waals surface area contributed by atoms with Crippen molar-refractivity contribution in [2.75, 3.05) is 44.4 Å². The van der Waals surface area contributed by atoms with Crippen molar-refractivity contribution in [3.05, 3.63) is 89.5 Å². The Morgan fingerprint density at radius 1 is 0.882 bits per heavy atom. The Labute approximate surface area is 196 Å². The highest BCUT2D eigenvalue weighted by molar-refractivity contribution is 5.94. The van der Waals surface area contributed by atoms with E-state index in [4.69, 9.17) is 9.47 Å². The lowest BCUT2D eigenvalue weighted by molar-refractivity contribution is 0.0929. The van der Waals surface area contributed by atoms with Gasteiger partial charge in [-0.15, -0.1) is 0 Å². The summed E-state index contributed by atoms with van der Waals surface area (Å²) < 4.78 is 37.9. The largest absolute Gasteiger partial charge is 0.454 e. The molecule has 1 atom stereocenters. The summed E-state index contributed by atoms with van der Waals surface area (Å²) in [6.07, 6.45) is 0. The average molecular weight is 466 g/mol. The smallest absolute Gasteiger partial charge is 0.251 e. The number of anilines is 1. The van der Waals surface area contributed by atoms with Gasteiger partial charge in [-0.3, -0.25) is 9.69 Å². The minimum atomic E-state index is -0.447. The van der Waals surface area contributed by atoms with Crippen LogP contribution in [-0.2, 0) is 0 Å². The average Bonchev–Trinajstić information content (AvgIpc) is 3.33. The molecule has 0 spiro atoms. The first-order chi connectivity index (χ1) is 16.6. The molecule has 176 valence electrons. The molecule has 1 fully saturated rings. The summed E-state index contributed by atoms with van der Waals surface area (Å²) in [7, 11) is 0. The SMILES string of the molecule is O=C(NC[C@H](c1ccc2c(c1)OCO2)N1CCN(c2ccc(F)cc2)CC1)c1cccc(F)c1. The van der Waals surface area contributed by atoms with Crippen LogP contribution >= 0.6 is 0 Å². The Balaban J connectivity index is 1.32. The van der Waals surface area contributed by atoms with Gasteiger partial charge in [0.05, 0.1) is 6.04 Å². The number of hydrogen-bond acceptors (Lipinski definition) is 5. The number of hydrogen-bond donors (Lipinski definition) is 1. The molecule has 2 aliphatic rings. The van der Waals surface area contributed by atoms with Crippen LogP contribution in [0.5, 0.6) is 11.5 Å². The topological polar surface area (TPSA) is 54.0 Å². The second kappa shape index (κ2) is 9.69. The van der Waals surface area contributed by atoms with E-state index in [1.165, 1.54) is 30.3 Å². The first kappa shape index (κ1) is 22.2. The number of carbonyl (C=O) groups excluding carboxylic acids is 1. The van der Waals surface area contributed by atoms with E-state index >= 15 is 0 Å². The molecule has 2 aliphatic heterocycles. The lowest BCUT2D eigenvalue weighted by Gasteiger charge is -2.40. The third-order valence-electron chi connectivity index (χ3n) is 6.27. The van der Waals surface area contributed by atoms with Gasteiger partial charge in [-0.05, 0) is 60.2 Å². The van der Waals surface area contributed by atoms with Crippen molar-refractivity contribution in [1.29, 1.82) is 0 Å². The van der Waals surface area contributed by atoms with Gasteiger partial charge in [0, 0.05) is 44.0 Å². The lowest BCUT2D eigenvalue weighted by Crippen LogP contribution is -2.50. The van der Waals surface area contributed by atoms with E-state index in [1.807, 2.05) is 18.2 Å². The van der Waals surface area contributed by atoms with Gasteiger partial charge in [0.25, 0.3) is 5.91 Å². The van der Waals surface area contributed by atoms with E-state index in [0.717, 1.165) is 37.4 Å². The second-order valence-electron chi connectivity index (χ2n) is 8.35. The summed E-state index contributed by atoms with van der Waals surface area (Å²) in [4.78, 5) is 17.2. The van der Waals surface area contributed by atoms with Crippen LogP contribution < -0.4 is 19.7 Å². The van der Waals surface area contributed by atoms with Crippen molar-refractivity contribution >= 4 is 11.6 Å². The molecular formula is C26H25F2N3O3. The number of nitrogens with zero attached hydrogens (tertiary/aromatic N) is 2. The van der Waals surface area contributed by atoms with Crippen LogP contribution in [-0.4, -0.2) is 50.3 Å². The molecule has 5 rings (SSSR count). The summed E-state index contributed by atoms with van der Waals surface area (Å²) in [5.74, 6) is 0.364. The standard InChI is InChI=1S/C26H25F2N3O3/c27-20-5-7-22(8-6-20)30-10-12-31(13-11-30)23(18-4-9-24-25(15-18)34-17-33-24)16-29-26(32)19-2-1-3-21(28)14-19/h1-9,14-15,23H,10-13,16-17H2,(H,29,32)/t23-/m1/s1. The monoisotopic (exact) mass is 465 g/mol.